The van der Waals surface area contributed by atoms with Gasteiger partial charge in [-0.15, -0.1) is 0 Å². The Labute approximate surface area is 550 Å². The first-order valence-electron chi connectivity index (χ1n) is 32.3. The highest BCUT2D eigenvalue weighted by molar-refractivity contribution is 9.10. The van der Waals surface area contributed by atoms with Gasteiger partial charge in [0.2, 0.25) is 39.6 Å². The van der Waals surface area contributed by atoms with Crippen LogP contribution in [0.1, 0.15) is 181 Å². The number of piperidine rings is 1. The molecular weight excluding hydrogens is 1300 g/mol. The zero-order valence-electron chi connectivity index (χ0n) is 53.0. The van der Waals surface area contributed by atoms with Crippen LogP contribution in [0.2, 0.25) is 0 Å². The molecule has 1 aromatic carbocycles. The number of Topliss-reactive ketones (excluding diaryl/α,β-unsaturated/α-hetero) is 1. The van der Waals surface area contributed by atoms with Gasteiger partial charge in [0.1, 0.15) is 42.3 Å². The normalized spacial score (nSPS) is 16.9. The fraction of sp³-hybridized carbons (Fsp3) is 0.651. The molecule has 7 amide bonds. The van der Waals surface area contributed by atoms with Gasteiger partial charge in [-0.25, -0.2) is 22.9 Å². The monoisotopic (exact) mass is 1390 g/mol. The number of fused-ring (bicyclic) bond motifs is 2. The summed E-state index contributed by atoms with van der Waals surface area (Å²) < 4.78 is 50.8. The fourth-order valence-corrected chi connectivity index (χ4v) is 12.8. The summed E-state index contributed by atoms with van der Waals surface area (Å²) in [7, 11) is -3.90. The number of anilines is 1. The number of carbonyl (C=O) groups is 10. The van der Waals surface area contributed by atoms with E-state index in [4.69, 9.17) is 29.8 Å². The number of ketones is 1. The standard InChI is InChI=1S/C63H91BrN10O18S/c1-42-20-26-51(64)69-59(42)70-61(84)49-36-63(37-50(63)74(49)55(79)38-73-48-35-43(21-24-46(48)57(71-73)58(65)82)60(83)72-93(87,88)45-22-23-45)41-67-54(78)40-92-34-31-89-29-16-17-44(75)39-91-33-32-90-30-28-66-52(76)27-25-47(62(85)86)68-53(77)18-14-12-10-8-6-4-2-3-5-7-9-11-13-15-19-56(80)81/h20-21,24,26,35,45,47,49-50H,2-19,22-23,25,27-34,36-41H2,1H3,(H2,65,82)(H,66,76)(H,67,78)(H,68,77)(H,72,83)(H,80,81)(H,85,86)(H,69,70,84)/t47-,49-,50+,63-/m0/s1. The number of nitrogens with zero attached hydrogens (tertiary/aromatic N) is 4. The van der Waals surface area contributed by atoms with E-state index in [2.05, 4.69) is 52.0 Å². The number of benzene rings is 1. The van der Waals surface area contributed by atoms with Gasteiger partial charge in [-0.1, -0.05) is 83.1 Å². The third-order valence-corrected chi connectivity index (χ3v) is 18.8. The molecular formula is C63H91BrN10O18S. The van der Waals surface area contributed by atoms with E-state index in [1.54, 1.807) is 19.1 Å². The number of amides is 7. The van der Waals surface area contributed by atoms with Gasteiger partial charge >= 0.3 is 11.9 Å². The molecule has 4 atom stereocenters. The molecule has 3 fully saturated rings. The molecule has 3 heterocycles. The Morgan fingerprint density at radius 3 is 1.97 bits per heavy atom. The van der Waals surface area contributed by atoms with Crippen LogP contribution >= 0.6 is 15.9 Å². The van der Waals surface area contributed by atoms with Crippen molar-refractivity contribution in [3.8, 4) is 0 Å². The van der Waals surface area contributed by atoms with E-state index < -0.39 is 86.8 Å². The maximum Gasteiger partial charge on any atom is 0.326 e. The number of aliphatic carboxylic acids is 2. The number of likely N-dealkylation sites (tertiary alicyclic amines) is 1. The van der Waals surface area contributed by atoms with Crippen molar-refractivity contribution in [2.45, 2.75) is 191 Å². The SMILES string of the molecule is Cc1ccc(Br)nc1NC(=O)[C@@H]1C[C@@]2(CNC(=O)COCCOCCCC(=O)COCCOCCNC(=O)CC[C@H](NC(=O)CCCCCCCCCCCCCCCCC(=O)O)C(=O)O)C[C@H]2N1C(=O)Cn1nc(C(N)=O)c2ccc(C(=O)NS(=O)(=O)C3CC3)cc21. The summed E-state index contributed by atoms with van der Waals surface area (Å²) in [5.41, 5.74) is 5.53. The third-order valence-electron chi connectivity index (χ3n) is 16.6. The van der Waals surface area contributed by atoms with Gasteiger partial charge in [0.15, 0.2) is 11.5 Å². The van der Waals surface area contributed by atoms with Crippen LogP contribution in [0.3, 0.4) is 0 Å². The molecule has 1 aliphatic heterocycles. The Morgan fingerprint density at radius 1 is 0.710 bits per heavy atom. The lowest BCUT2D eigenvalue weighted by atomic mass is 9.99. The molecule has 6 rings (SSSR count). The molecule has 93 heavy (non-hydrogen) atoms. The molecule has 3 aliphatic rings. The lowest BCUT2D eigenvalue weighted by Gasteiger charge is -2.27. The minimum absolute atomic E-state index is 0.0570. The smallest absolute Gasteiger partial charge is 0.326 e. The molecule has 514 valence electrons. The second-order valence-corrected chi connectivity index (χ2v) is 26.9. The highest BCUT2D eigenvalue weighted by Crippen LogP contribution is 2.59. The number of ether oxygens (including phenoxy) is 4. The van der Waals surface area contributed by atoms with Crippen molar-refractivity contribution < 1.29 is 85.5 Å². The lowest BCUT2D eigenvalue weighted by molar-refractivity contribution is -0.142. The predicted octanol–water partition coefficient (Wildman–Crippen LogP) is 5.15. The van der Waals surface area contributed by atoms with E-state index in [-0.39, 0.29) is 150 Å². The topological polar surface area (TPSA) is 402 Å². The molecule has 2 saturated carbocycles. The average Bonchev–Trinajstić information content (AvgIpc) is 1.54. The molecule has 0 bridgehead atoms. The van der Waals surface area contributed by atoms with E-state index in [0.717, 1.165) is 51.4 Å². The van der Waals surface area contributed by atoms with Crippen molar-refractivity contribution in [2.75, 3.05) is 71.3 Å². The Hall–Kier alpha value is -6.99. The van der Waals surface area contributed by atoms with Gasteiger partial charge in [-0.2, -0.15) is 5.10 Å². The highest BCUT2D eigenvalue weighted by Gasteiger charge is 2.67. The zero-order chi connectivity index (χ0) is 67.3. The second-order valence-electron chi connectivity index (χ2n) is 24.1. The number of primary amides is 1. The number of carboxylic acids is 2. The highest BCUT2D eigenvalue weighted by atomic mass is 79.9. The Morgan fingerprint density at radius 2 is 1.33 bits per heavy atom. The first-order valence-corrected chi connectivity index (χ1v) is 34.6. The minimum Gasteiger partial charge on any atom is -0.481 e. The van der Waals surface area contributed by atoms with Crippen LogP contribution in [-0.2, 0) is 73.9 Å². The molecule has 28 nitrogen and oxygen atoms in total. The van der Waals surface area contributed by atoms with E-state index >= 15 is 0 Å². The van der Waals surface area contributed by atoms with E-state index in [1.807, 2.05) is 0 Å². The van der Waals surface area contributed by atoms with Crippen LogP contribution in [0.4, 0.5) is 5.82 Å². The number of pyridine rings is 1. The quantitative estimate of drug-likeness (QED) is 0.0268. The van der Waals surface area contributed by atoms with Crippen LogP contribution in [0.15, 0.2) is 34.9 Å². The van der Waals surface area contributed by atoms with Crippen LogP contribution in [0.25, 0.3) is 10.9 Å². The molecule has 0 spiro atoms. The number of carbonyl (C=O) groups excluding carboxylic acids is 8. The second kappa shape index (κ2) is 38.4. The van der Waals surface area contributed by atoms with Crippen molar-refractivity contribution in [1.82, 2.24) is 40.3 Å². The lowest BCUT2D eigenvalue weighted by Crippen LogP contribution is -2.47. The van der Waals surface area contributed by atoms with Gasteiger partial charge in [-0.3, -0.25) is 47.8 Å². The van der Waals surface area contributed by atoms with Crippen molar-refractivity contribution >= 4 is 102 Å². The van der Waals surface area contributed by atoms with Gasteiger partial charge in [0.05, 0.1) is 43.8 Å². The van der Waals surface area contributed by atoms with Gasteiger partial charge in [0, 0.05) is 67.8 Å². The van der Waals surface area contributed by atoms with E-state index in [9.17, 15) is 61.5 Å². The Kier molecular flexibility index (Phi) is 31.0. The number of nitrogens with one attached hydrogen (secondary N) is 5. The van der Waals surface area contributed by atoms with Gasteiger partial charge in [0.25, 0.3) is 11.8 Å². The summed E-state index contributed by atoms with van der Waals surface area (Å²) in [6.45, 7) is 2.09. The Bertz CT molecular complexity index is 3180. The Balaban J connectivity index is 0.784. The van der Waals surface area contributed by atoms with Crippen LogP contribution in [-0.4, -0.2) is 187 Å². The maximum atomic E-state index is 14.5. The molecule has 3 aromatic rings. The number of rotatable bonds is 49. The minimum atomic E-state index is -3.90. The number of aromatic nitrogens is 3. The molecule has 0 unspecified atom stereocenters. The number of hydrogen-bond donors (Lipinski definition) is 8. The van der Waals surface area contributed by atoms with Crippen LogP contribution < -0.4 is 31.7 Å². The number of hydrogen-bond acceptors (Lipinski definition) is 18. The number of unbranched alkanes of at least 4 members (excludes halogenated alkanes) is 13. The van der Waals surface area contributed by atoms with E-state index in [0.29, 0.717) is 42.3 Å². The molecule has 2 aliphatic carbocycles. The predicted molar refractivity (Wildman–Crippen MR) is 343 cm³/mol. The average molecular weight is 1390 g/mol. The molecule has 0 radical (unpaired) electrons. The van der Waals surface area contributed by atoms with Crippen molar-refractivity contribution in [3.63, 3.8) is 0 Å². The molecule has 30 heteroatoms. The van der Waals surface area contributed by atoms with Gasteiger partial charge in [-0.05, 0) is 104 Å². The number of carboxylic acid groups (broad SMARTS) is 2. The summed E-state index contributed by atoms with van der Waals surface area (Å²) in [4.78, 5) is 132. The summed E-state index contributed by atoms with van der Waals surface area (Å²) in [5, 5.41) is 33.1. The summed E-state index contributed by atoms with van der Waals surface area (Å²) in [6, 6.07) is 4.81. The number of halogens is 1. The fourth-order valence-electron chi connectivity index (χ4n) is 11.2. The molecule has 2 aromatic heterocycles. The van der Waals surface area contributed by atoms with Crippen molar-refractivity contribution in [2.24, 2.45) is 11.1 Å². The van der Waals surface area contributed by atoms with Gasteiger partial charge < -0.3 is 61.1 Å². The number of sulfonamides is 1. The molecule has 9 N–H and O–H groups in total. The zero-order valence-corrected chi connectivity index (χ0v) is 55.4. The van der Waals surface area contributed by atoms with Crippen molar-refractivity contribution in [3.05, 3.63) is 51.8 Å². The first-order chi connectivity index (χ1) is 44.6. The van der Waals surface area contributed by atoms with E-state index in [1.165, 1.54) is 59.9 Å². The maximum absolute atomic E-state index is 14.5. The van der Waals surface area contributed by atoms with Crippen molar-refractivity contribution in [1.29, 1.82) is 0 Å². The summed E-state index contributed by atoms with van der Waals surface area (Å²) in [6.07, 6.45) is 17.2. The third kappa shape index (κ3) is 25.7. The van der Waals surface area contributed by atoms with Crippen LogP contribution in [0.5, 0.6) is 0 Å². The molecule has 1 saturated heterocycles. The largest absolute Gasteiger partial charge is 0.481 e. The summed E-state index contributed by atoms with van der Waals surface area (Å²) in [5.74, 6) is -5.87. The number of nitrogens with two attached hydrogens (primary N) is 1. The first kappa shape index (κ1) is 75.0. The summed E-state index contributed by atoms with van der Waals surface area (Å²) >= 11 is 3.33. The number of aryl methyl sites for hydroxylation is 1. The van der Waals surface area contributed by atoms with Crippen LogP contribution in [0, 0.1) is 12.3 Å².